The van der Waals surface area contributed by atoms with Gasteiger partial charge in [0, 0.05) is 17.3 Å². The van der Waals surface area contributed by atoms with Crippen molar-refractivity contribution >= 4 is 29.1 Å². The number of carbonyl (C=O) groups is 2. The highest BCUT2D eigenvalue weighted by atomic mass is 35.5. The largest absolute Gasteiger partial charge is 0.344 e. The molecule has 22 heavy (non-hydrogen) atoms. The van der Waals surface area contributed by atoms with Gasteiger partial charge < -0.3 is 10.6 Å². The molecule has 0 atom stereocenters. The molecular formula is C17H17ClN2O2. The third-order valence-corrected chi connectivity index (χ3v) is 3.71. The molecule has 0 spiro atoms. The molecule has 0 aliphatic heterocycles. The number of hydrogen-bond donors (Lipinski definition) is 2. The number of anilines is 1. The van der Waals surface area contributed by atoms with Gasteiger partial charge in [0.05, 0.1) is 0 Å². The van der Waals surface area contributed by atoms with E-state index in [1.54, 1.807) is 25.1 Å². The minimum Gasteiger partial charge on any atom is -0.344 e. The Bertz CT molecular complexity index is 696. The molecule has 0 aliphatic rings. The molecule has 2 rings (SSSR count). The monoisotopic (exact) mass is 316 g/mol. The van der Waals surface area contributed by atoms with Crippen molar-refractivity contribution in [1.82, 2.24) is 5.32 Å². The fourth-order valence-electron chi connectivity index (χ4n) is 1.89. The van der Waals surface area contributed by atoms with Crippen LogP contribution in [0.4, 0.5) is 5.69 Å². The molecule has 0 aliphatic carbocycles. The highest BCUT2D eigenvalue weighted by molar-refractivity contribution is 6.40. The maximum absolute atomic E-state index is 11.9. The summed E-state index contributed by atoms with van der Waals surface area (Å²) in [5, 5.41) is 5.69. The molecule has 0 unspecified atom stereocenters. The van der Waals surface area contributed by atoms with E-state index in [4.69, 9.17) is 11.6 Å². The van der Waals surface area contributed by atoms with Crippen LogP contribution < -0.4 is 10.6 Å². The van der Waals surface area contributed by atoms with E-state index >= 15 is 0 Å². The maximum Gasteiger partial charge on any atom is 0.313 e. The molecule has 0 fully saturated rings. The Labute approximate surface area is 134 Å². The average molecular weight is 317 g/mol. The fraction of sp³-hybridized carbons (Fsp3) is 0.176. The highest BCUT2D eigenvalue weighted by Gasteiger charge is 2.14. The molecule has 4 nitrogen and oxygen atoms in total. The molecule has 0 heterocycles. The number of rotatable bonds is 3. The van der Waals surface area contributed by atoms with Crippen LogP contribution in [-0.4, -0.2) is 11.8 Å². The first kappa shape index (κ1) is 16.0. The maximum atomic E-state index is 11.9. The van der Waals surface area contributed by atoms with Gasteiger partial charge in [0.2, 0.25) is 0 Å². The first-order valence-corrected chi connectivity index (χ1v) is 7.25. The summed E-state index contributed by atoms with van der Waals surface area (Å²) in [5.41, 5.74) is 3.33. The standard InChI is InChI=1S/C17H17ClN2O2/c1-11-6-8-13(9-7-11)10-19-16(21)17(22)20-15-5-3-4-14(18)12(15)2/h3-9H,10H2,1-2H3,(H,19,21)(H,20,22). The van der Waals surface area contributed by atoms with Gasteiger partial charge in [-0.05, 0) is 37.1 Å². The van der Waals surface area contributed by atoms with Gasteiger partial charge >= 0.3 is 11.8 Å². The van der Waals surface area contributed by atoms with E-state index in [1.807, 2.05) is 31.2 Å². The molecule has 2 aromatic carbocycles. The van der Waals surface area contributed by atoms with E-state index in [1.165, 1.54) is 0 Å². The van der Waals surface area contributed by atoms with E-state index in [9.17, 15) is 9.59 Å². The van der Waals surface area contributed by atoms with Gasteiger partial charge in [-0.25, -0.2) is 0 Å². The molecule has 0 saturated heterocycles. The second-order valence-electron chi connectivity index (χ2n) is 5.03. The second-order valence-corrected chi connectivity index (χ2v) is 5.44. The quantitative estimate of drug-likeness (QED) is 0.854. The molecule has 0 bridgehead atoms. The molecule has 0 aromatic heterocycles. The first-order valence-electron chi connectivity index (χ1n) is 6.87. The lowest BCUT2D eigenvalue weighted by molar-refractivity contribution is -0.136. The van der Waals surface area contributed by atoms with Crippen LogP contribution in [0, 0.1) is 13.8 Å². The van der Waals surface area contributed by atoms with Crippen molar-refractivity contribution in [2.24, 2.45) is 0 Å². The summed E-state index contributed by atoms with van der Waals surface area (Å²) >= 11 is 5.98. The van der Waals surface area contributed by atoms with E-state index in [2.05, 4.69) is 10.6 Å². The lowest BCUT2D eigenvalue weighted by atomic mass is 10.1. The summed E-state index contributed by atoms with van der Waals surface area (Å²) in [6.45, 7) is 4.08. The minimum absolute atomic E-state index is 0.307. The lowest BCUT2D eigenvalue weighted by Gasteiger charge is -2.10. The first-order chi connectivity index (χ1) is 10.5. The second kappa shape index (κ2) is 7.09. The van der Waals surface area contributed by atoms with E-state index in [0.29, 0.717) is 17.3 Å². The topological polar surface area (TPSA) is 58.2 Å². The summed E-state index contributed by atoms with van der Waals surface area (Å²) < 4.78 is 0. The van der Waals surface area contributed by atoms with Crippen molar-refractivity contribution in [2.45, 2.75) is 20.4 Å². The van der Waals surface area contributed by atoms with Crippen molar-refractivity contribution in [3.05, 3.63) is 64.2 Å². The van der Waals surface area contributed by atoms with Crippen LogP contribution in [0.3, 0.4) is 0 Å². The van der Waals surface area contributed by atoms with Gasteiger partial charge in [-0.15, -0.1) is 0 Å². The molecule has 0 saturated carbocycles. The van der Waals surface area contributed by atoms with Crippen molar-refractivity contribution in [1.29, 1.82) is 0 Å². The van der Waals surface area contributed by atoms with Crippen LogP contribution in [0.2, 0.25) is 5.02 Å². The van der Waals surface area contributed by atoms with Crippen LogP contribution in [0.5, 0.6) is 0 Å². The normalized spacial score (nSPS) is 10.1. The molecule has 0 radical (unpaired) electrons. The summed E-state index contributed by atoms with van der Waals surface area (Å²) in [6.07, 6.45) is 0. The zero-order chi connectivity index (χ0) is 16.1. The Morgan fingerprint density at radius 3 is 2.36 bits per heavy atom. The van der Waals surface area contributed by atoms with Crippen LogP contribution in [-0.2, 0) is 16.1 Å². The fourth-order valence-corrected chi connectivity index (χ4v) is 2.07. The molecule has 2 aromatic rings. The van der Waals surface area contributed by atoms with Gasteiger partial charge in [0.15, 0.2) is 0 Å². The summed E-state index contributed by atoms with van der Waals surface area (Å²) in [4.78, 5) is 23.7. The number of amides is 2. The Hall–Kier alpha value is -2.33. The van der Waals surface area contributed by atoms with Crippen molar-refractivity contribution in [3.63, 3.8) is 0 Å². The Kier molecular flexibility index (Phi) is 5.17. The molecule has 5 heteroatoms. The Balaban J connectivity index is 1.93. The number of halogens is 1. The number of carbonyl (C=O) groups excluding carboxylic acids is 2. The van der Waals surface area contributed by atoms with Crippen molar-refractivity contribution in [2.75, 3.05) is 5.32 Å². The predicted octanol–water partition coefficient (Wildman–Crippen LogP) is 3.21. The molecule has 2 N–H and O–H groups in total. The van der Waals surface area contributed by atoms with Gasteiger partial charge in [-0.3, -0.25) is 9.59 Å². The molecular weight excluding hydrogens is 300 g/mol. The highest BCUT2D eigenvalue weighted by Crippen LogP contribution is 2.22. The third kappa shape index (κ3) is 4.09. The van der Waals surface area contributed by atoms with E-state index in [-0.39, 0.29) is 0 Å². The van der Waals surface area contributed by atoms with Crippen LogP contribution in [0.1, 0.15) is 16.7 Å². The van der Waals surface area contributed by atoms with E-state index < -0.39 is 11.8 Å². The smallest absolute Gasteiger partial charge is 0.313 e. The number of benzene rings is 2. The SMILES string of the molecule is Cc1ccc(CNC(=O)C(=O)Nc2cccc(Cl)c2C)cc1. The number of nitrogens with one attached hydrogen (secondary N) is 2. The minimum atomic E-state index is -0.711. The zero-order valence-corrected chi connectivity index (χ0v) is 13.2. The molecule has 114 valence electrons. The molecule has 2 amide bonds. The van der Waals surface area contributed by atoms with Crippen LogP contribution in [0.15, 0.2) is 42.5 Å². The number of hydrogen-bond acceptors (Lipinski definition) is 2. The van der Waals surface area contributed by atoms with Crippen LogP contribution >= 0.6 is 11.6 Å². The number of aryl methyl sites for hydroxylation is 1. The predicted molar refractivity (Wildman–Crippen MR) is 87.8 cm³/mol. The van der Waals surface area contributed by atoms with Gasteiger partial charge in [0.1, 0.15) is 0 Å². The Morgan fingerprint density at radius 2 is 1.68 bits per heavy atom. The Morgan fingerprint density at radius 1 is 1.00 bits per heavy atom. The third-order valence-electron chi connectivity index (χ3n) is 3.30. The van der Waals surface area contributed by atoms with Gasteiger partial charge in [-0.1, -0.05) is 47.5 Å². The summed E-state index contributed by atoms with van der Waals surface area (Å²) in [5.74, 6) is -1.39. The van der Waals surface area contributed by atoms with Crippen LogP contribution in [0.25, 0.3) is 0 Å². The lowest BCUT2D eigenvalue weighted by Crippen LogP contribution is -2.35. The summed E-state index contributed by atoms with van der Waals surface area (Å²) in [6, 6.07) is 12.9. The van der Waals surface area contributed by atoms with Gasteiger partial charge in [0.25, 0.3) is 0 Å². The summed E-state index contributed by atoms with van der Waals surface area (Å²) in [7, 11) is 0. The van der Waals surface area contributed by atoms with Crippen molar-refractivity contribution in [3.8, 4) is 0 Å². The van der Waals surface area contributed by atoms with Gasteiger partial charge in [-0.2, -0.15) is 0 Å². The van der Waals surface area contributed by atoms with E-state index in [0.717, 1.165) is 16.7 Å². The average Bonchev–Trinajstić information content (AvgIpc) is 2.51. The van der Waals surface area contributed by atoms with Crippen molar-refractivity contribution < 1.29 is 9.59 Å². The zero-order valence-electron chi connectivity index (χ0n) is 12.4.